The Labute approximate surface area is 113 Å². The van der Waals surface area contributed by atoms with Gasteiger partial charge in [-0.25, -0.2) is 0 Å². The van der Waals surface area contributed by atoms with E-state index in [1.807, 2.05) is 54.6 Å². The van der Waals surface area contributed by atoms with Gasteiger partial charge >= 0.3 is 0 Å². The van der Waals surface area contributed by atoms with Crippen LogP contribution in [0.4, 0.5) is 0 Å². The molecule has 0 aliphatic carbocycles. The van der Waals surface area contributed by atoms with Crippen molar-refractivity contribution in [1.29, 1.82) is 0 Å². The van der Waals surface area contributed by atoms with Crippen LogP contribution in [0.3, 0.4) is 0 Å². The van der Waals surface area contributed by atoms with Crippen LogP contribution in [0.1, 0.15) is 18.1 Å². The lowest BCUT2D eigenvalue weighted by molar-refractivity contribution is 0.0668. The van der Waals surface area contributed by atoms with E-state index in [0.29, 0.717) is 6.61 Å². The Hall–Kier alpha value is -1.84. The molecule has 3 N–H and O–H groups in total. The Kier molecular flexibility index (Phi) is 4.20. The molecule has 0 aliphatic rings. The van der Waals surface area contributed by atoms with Gasteiger partial charge in [0.2, 0.25) is 0 Å². The van der Waals surface area contributed by atoms with Gasteiger partial charge in [0.05, 0.1) is 5.60 Å². The molecule has 0 spiro atoms. The molecule has 0 saturated carbocycles. The average molecular weight is 257 g/mol. The fourth-order valence-electron chi connectivity index (χ4n) is 1.77. The van der Waals surface area contributed by atoms with Crippen molar-refractivity contribution in [2.75, 3.05) is 6.54 Å². The first-order valence-corrected chi connectivity index (χ1v) is 6.31. The molecule has 0 fully saturated rings. The van der Waals surface area contributed by atoms with Crippen LogP contribution in [0.25, 0.3) is 0 Å². The first-order valence-electron chi connectivity index (χ1n) is 6.31. The van der Waals surface area contributed by atoms with Crippen molar-refractivity contribution in [1.82, 2.24) is 0 Å². The predicted octanol–water partition coefficient (Wildman–Crippen LogP) is 2.43. The fourth-order valence-corrected chi connectivity index (χ4v) is 1.77. The van der Waals surface area contributed by atoms with Crippen LogP contribution in [0, 0.1) is 0 Å². The lowest BCUT2D eigenvalue weighted by Crippen LogP contribution is -2.31. The summed E-state index contributed by atoms with van der Waals surface area (Å²) in [5.74, 6) is 0.778. The van der Waals surface area contributed by atoms with Gasteiger partial charge in [-0.15, -0.1) is 0 Å². The molecule has 0 radical (unpaired) electrons. The molecule has 0 aromatic heterocycles. The van der Waals surface area contributed by atoms with Crippen molar-refractivity contribution in [2.24, 2.45) is 5.73 Å². The van der Waals surface area contributed by atoms with E-state index in [-0.39, 0.29) is 6.54 Å². The average Bonchev–Trinajstić information content (AvgIpc) is 2.47. The molecule has 3 heteroatoms. The molecule has 2 aromatic rings. The van der Waals surface area contributed by atoms with Crippen LogP contribution in [0.15, 0.2) is 54.6 Å². The predicted molar refractivity (Wildman–Crippen MR) is 75.8 cm³/mol. The highest BCUT2D eigenvalue weighted by Gasteiger charge is 2.20. The van der Waals surface area contributed by atoms with E-state index < -0.39 is 5.60 Å². The van der Waals surface area contributed by atoms with Crippen LogP contribution in [-0.2, 0) is 12.2 Å². The van der Waals surface area contributed by atoms with E-state index in [9.17, 15) is 5.11 Å². The highest BCUT2D eigenvalue weighted by atomic mass is 16.5. The standard InChI is InChI=1S/C16H19NO2/c1-16(18,12-17)14-7-9-15(10-8-14)19-11-13-5-3-2-4-6-13/h2-10,18H,11-12,17H2,1H3. The van der Waals surface area contributed by atoms with E-state index in [4.69, 9.17) is 10.5 Å². The molecule has 1 unspecified atom stereocenters. The Morgan fingerprint density at radius 3 is 2.26 bits per heavy atom. The van der Waals surface area contributed by atoms with Crippen LogP contribution in [0.5, 0.6) is 5.75 Å². The van der Waals surface area contributed by atoms with Gasteiger partial charge in [-0.2, -0.15) is 0 Å². The van der Waals surface area contributed by atoms with E-state index in [2.05, 4.69) is 0 Å². The second-order valence-electron chi connectivity index (χ2n) is 4.78. The third-order valence-corrected chi connectivity index (χ3v) is 3.12. The summed E-state index contributed by atoms with van der Waals surface area (Å²) in [4.78, 5) is 0. The normalized spacial score (nSPS) is 13.8. The van der Waals surface area contributed by atoms with Gasteiger partial charge in [0.15, 0.2) is 0 Å². The van der Waals surface area contributed by atoms with Crippen LogP contribution in [0.2, 0.25) is 0 Å². The highest BCUT2D eigenvalue weighted by molar-refractivity contribution is 5.31. The fraction of sp³-hybridized carbons (Fsp3) is 0.250. The summed E-state index contributed by atoms with van der Waals surface area (Å²) >= 11 is 0. The van der Waals surface area contributed by atoms with Gasteiger partial charge in [0.1, 0.15) is 12.4 Å². The van der Waals surface area contributed by atoms with E-state index in [1.54, 1.807) is 6.92 Å². The third-order valence-electron chi connectivity index (χ3n) is 3.12. The van der Waals surface area contributed by atoms with Gasteiger partial charge in [-0.05, 0) is 30.2 Å². The molecule has 0 amide bonds. The van der Waals surface area contributed by atoms with Crippen LogP contribution >= 0.6 is 0 Å². The Balaban J connectivity index is 2.00. The van der Waals surface area contributed by atoms with Gasteiger partial charge in [0, 0.05) is 6.54 Å². The molecule has 3 nitrogen and oxygen atoms in total. The van der Waals surface area contributed by atoms with Crippen LogP contribution in [-0.4, -0.2) is 11.7 Å². The Morgan fingerprint density at radius 1 is 1.05 bits per heavy atom. The topological polar surface area (TPSA) is 55.5 Å². The minimum Gasteiger partial charge on any atom is -0.489 e. The SMILES string of the molecule is CC(O)(CN)c1ccc(OCc2ccccc2)cc1. The molecular weight excluding hydrogens is 238 g/mol. The maximum Gasteiger partial charge on any atom is 0.119 e. The molecule has 19 heavy (non-hydrogen) atoms. The first-order chi connectivity index (χ1) is 9.12. The van der Waals surface area contributed by atoms with Gasteiger partial charge in [-0.3, -0.25) is 0 Å². The zero-order valence-electron chi connectivity index (χ0n) is 11.0. The van der Waals surface area contributed by atoms with Crippen molar-refractivity contribution < 1.29 is 9.84 Å². The van der Waals surface area contributed by atoms with E-state index in [0.717, 1.165) is 16.9 Å². The zero-order valence-corrected chi connectivity index (χ0v) is 11.0. The summed E-state index contributed by atoms with van der Waals surface area (Å²) in [5, 5.41) is 10.0. The minimum atomic E-state index is -0.988. The number of rotatable bonds is 5. The molecule has 100 valence electrons. The molecule has 2 rings (SSSR count). The van der Waals surface area contributed by atoms with Gasteiger partial charge in [-0.1, -0.05) is 42.5 Å². The number of hydrogen-bond acceptors (Lipinski definition) is 3. The van der Waals surface area contributed by atoms with Gasteiger partial charge < -0.3 is 15.6 Å². The lowest BCUT2D eigenvalue weighted by Gasteiger charge is -2.21. The first kappa shape index (κ1) is 13.6. The summed E-state index contributed by atoms with van der Waals surface area (Å²) in [6.45, 7) is 2.43. The summed E-state index contributed by atoms with van der Waals surface area (Å²) in [7, 11) is 0. The summed E-state index contributed by atoms with van der Waals surface area (Å²) in [5.41, 5.74) is 6.46. The molecular formula is C16H19NO2. The number of hydrogen-bond donors (Lipinski definition) is 2. The molecule has 0 aliphatic heterocycles. The van der Waals surface area contributed by atoms with Crippen molar-refractivity contribution >= 4 is 0 Å². The second kappa shape index (κ2) is 5.87. The maximum absolute atomic E-state index is 10.0. The number of benzene rings is 2. The lowest BCUT2D eigenvalue weighted by atomic mass is 9.96. The van der Waals surface area contributed by atoms with E-state index in [1.165, 1.54) is 0 Å². The molecule has 0 bridgehead atoms. The van der Waals surface area contributed by atoms with Crippen molar-refractivity contribution in [2.45, 2.75) is 19.1 Å². The zero-order chi connectivity index (χ0) is 13.7. The molecule has 2 aromatic carbocycles. The summed E-state index contributed by atoms with van der Waals surface area (Å²) in [6, 6.07) is 17.4. The maximum atomic E-state index is 10.0. The van der Waals surface area contributed by atoms with Gasteiger partial charge in [0.25, 0.3) is 0 Å². The summed E-state index contributed by atoms with van der Waals surface area (Å²) in [6.07, 6.45) is 0. The number of nitrogens with two attached hydrogens (primary N) is 1. The van der Waals surface area contributed by atoms with Crippen LogP contribution < -0.4 is 10.5 Å². The molecule has 0 saturated heterocycles. The second-order valence-corrected chi connectivity index (χ2v) is 4.78. The van der Waals surface area contributed by atoms with Crippen molar-refractivity contribution in [3.05, 3.63) is 65.7 Å². The Bertz CT molecular complexity index is 506. The van der Waals surface area contributed by atoms with Crippen molar-refractivity contribution in [3.63, 3.8) is 0 Å². The van der Waals surface area contributed by atoms with Crippen molar-refractivity contribution in [3.8, 4) is 5.75 Å². The molecule has 0 heterocycles. The largest absolute Gasteiger partial charge is 0.489 e. The number of ether oxygens (including phenoxy) is 1. The van der Waals surface area contributed by atoms with E-state index >= 15 is 0 Å². The molecule has 1 atom stereocenters. The smallest absolute Gasteiger partial charge is 0.119 e. The monoisotopic (exact) mass is 257 g/mol. The number of aliphatic hydroxyl groups is 1. The quantitative estimate of drug-likeness (QED) is 0.865. The summed E-state index contributed by atoms with van der Waals surface area (Å²) < 4.78 is 5.68. The minimum absolute atomic E-state index is 0.192. The Morgan fingerprint density at radius 2 is 1.68 bits per heavy atom. The third kappa shape index (κ3) is 3.56. The highest BCUT2D eigenvalue weighted by Crippen LogP contribution is 2.22.